The van der Waals surface area contributed by atoms with Crippen molar-refractivity contribution < 1.29 is 24.2 Å². The molecule has 0 bridgehead atoms. The third-order valence-electron chi connectivity index (χ3n) is 3.28. The molecule has 0 unspecified atom stereocenters. The van der Waals surface area contributed by atoms with Crippen LogP contribution in [0, 0.1) is 6.92 Å². The molecule has 1 aliphatic rings. The summed E-state index contributed by atoms with van der Waals surface area (Å²) in [6.07, 6.45) is 1.58. The number of hydrogen-bond acceptors (Lipinski definition) is 6. The first-order valence-electron chi connectivity index (χ1n) is 6.75. The zero-order chi connectivity index (χ0) is 17.4. The van der Waals surface area contributed by atoms with Crippen LogP contribution in [0.5, 0.6) is 5.75 Å². The second-order valence-corrected chi connectivity index (χ2v) is 6.63. The van der Waals surface area contributed by atoms with Gasteiger partial charge in [0.05, 0.1) is 16.2 Å². The van der Waals surface area contributed by atoms with E-state index in [0.717, 1.165) is 23.9 Å². The molecule has 1 N–H and O–H groups in total. The topological polar surface area (TPSA) is 93.8 Å². The fourth-order valence-corrected chi connectivity index (χ4v) is 3.45. The summed E-state index contributed by atoms with van der Waals surface area (Å²) in [4.78, 5) is 25.2. The van der Waals surface area contributed by atoms with Gasteiger partial charge in [-0.2, -0.15) is 0 Å². The predicted molar refractivity (Wildman–Crippen MR) is 91.9 cm³/mol. The molecule has 8 heteroatoms. The maximum atomic E-state index is 12.6. The molecule has 6 nitrogen and oxygen atoms in total. The van der Waals surface area contributed by atoms with E-state index in [1.54, 1.807) is 25.1 Å². The zero-order valence-corrected chi connectivity index (χ0v) is 13.9. The fraction of sp³-hybridized carbons (Fsp3) is 0.0625. The molecule has 1 amide bonds. The van der Waals surface area contributed by atoms with E-state index >= 15 is 0 Å². The van der Waals surface area contributed by atoms with Gasteiger partial charge in [0, 0.05) is 6.08 Å². The Labute approximate surface area is 146 Å². The van der Waals surface area contributed by atoms with Crippen LogP contribution in [0.2, 0.25) is 0 Å². The number of carboxylic acid groups (broad SMARTS) is 1. The number of nitrogens with zero attached hydrogens (tertiary/aromatic N) is 1. The van der Waals surface area contributed by atoms with Crippen LogP contribution in [0.4, 0.5) is 5.69 Å². The molecule has 0 radical (unpaired) electrons. The minimum Gasteiger partial charge on any atom is -0.872 e. The van der Waals surface area contributed by atoms with Gasteiger partial charge in [0.25, 0.3) is 5.91 Å². The average Bonchev–Trinajstić information content (AvgIpc) is 3.04. The number of thioether (sulfide) groups is 1. The Morgan fingerprint density at radius 1 is 1.38 bits per heavy atom. The SMILES string of the molecule is Cc1ccc(/C=C2/SC(=S)N(c3ccc([O-])c(C(=O)O)c3)C2=O)o1. The molecular weight excluding hydrogens is 350 g/mol. The van der Waals surface area contributed by atoms with Crippen LogP contribution in [0.25, 0.3) is 6.08 Å². The summed E-state index contributed by atoms with van der Waals surface area (Å²) in [5.74, 6) is -1.13. The van der Waals surface area contributed by atoms with Crippen molar-refractivity contribution in [2.75, 3.05) is 4.90 Å². The van der Waals surface area contributed by atoms with Gasteiger partial charge in [-0.3, -0.25) is 9.69 Å². The van der Waals surface area contributed by atoms with Crippen LogP contribution < -0.4 is 10.0 Å². The molecule has 122 valence electrons. The number of thiocarbonyl (C=S) groups is 1. The van der Waals surface area contributed by atoms with E-state index in [1.807, 2.05) is 0 Å². The molecule has 0 spiro atoms. The minimum absolute atomic E-state index is 0.244. The van der Waals surface area contributed by atoms with Crippen LogP contribution in [-0.2, 0) is 4.79 Å². The van der Waals surface area contributed by atoms with Crippen molar-refractivity contribution in [1.29, 1.82) is 0 Å². The predicted octanol–water partition coefficient (Wildman–Crippen LogP) is 2.77. The maximum Gasteiger partial charge on any atom is 0.335 e. The average molecular weight is 360 g/mol. The molecule has 1 fully saturated rings. The largest absolute Gasteiger partial charge is 0.872 e. The minimum atomic E-state index is -1.35. The Morgan fingerprint density at radius 3 is 2.75 bits per heavy atom. The molecule has 1 aromatic carbocycles. The van der Waals surface area contributed by atoms with Gasteiger partial charge in [-0.05, 0) is 31.2 Å². The highest BCUT2D eigenvalue weighted by Gasteiger charge is 2.33. The van der Waals surface area contributed by atoms with Crippen molar-refractivity contribution in [3.63, 3.8) is 0 Å². The second-order valence-electron chi connectivity index (χ2n) is 4.95. The third kappa shape index (κ3) is 2.93. The van der Waals surface area contributed by atoms with E-state index in [-0.39, 0.29) is 10.0 Å². The smallest absolute Gasteiger partial charge is 0.335 e. The number of hydrogen-bond donors (Lipinski definition) is 1. The maximum absolute atomic E-state index is 12.6. The number of aryl methyl sites for hydroxylation is 1. The lowest BCUT2D eigenvalue weighted by Crippen LogP contribution is -2.27. The van der Waals surface area contributed by atoms with Gasteiger partial charge in [0.15, 0.2) is 4.32 Å². The summed E-state index contributed by atoms with van der Waals surface area (Å²) in [5, 5.41) is 20.6. The van der Waals surface area contributed by atoms with Crippen LogP contribution in [0.15, 0.2) is 39.7 Å². The lowest BCUT2D eigenvalue weighted by atomic mass is 10.1. The third-order valence-corrected chi connectivity index (χ3v) is 4.58. The van der Waals surface area contributed by atoms with E-state index in [0.29, 0.717) is 16.4 Å². The van der Waals surface area contributed by atoms with Gasteiger partial charge in [-0.25, -0.2) is 4.79 Å². The quantitative estimate of drug-likeness (QED) is 0.664. The fourth-order valence-electron chi connectivity index (χ4n) is 2.17. The summed E-state index contributed by atoms with van der Waals surface area (Å²) in [7, 11) is 0. The number of anilines is 1. The Morgan fingerprint density at radius 2 is 2.12 bits per heavy atom. The standard InChI is InChI=1S/C16H11NO5S2/c1-8-2-4-10(22-8)7-13-14(19)17(16(23)24-13)9-3-5-12(18)11(6-9)15(20)21/h2-7,18H,1H3,(H,20,21)/p-1/b13-7+. The molecule has 0 atom stereocenters. The number of furan rings is 1. The highest BCUT2D eigenvalue weighted by atomic mass is 32.2. The van der Waals surface area contributed by atoms with Gasteiger partial charge < -0.3 is 14.6 Å². The number of amides is 1. The van der Waals surface area contributed by atoms with Crippen molar-refractivity contribution in [3.8, 4) is 5.75 Å². The van der Waals surface area contributed by atoms with E-state index in [1.165, 1.54) is 11.0 Å². The number of rotatable bonds is 3. The normalized spacial score (nSPS) is 16.2. The first-order chi connectivity index (χ1) is 11.4. The number of carbonyl (C=O) groups excluding carboxylic acids is 1. The van der Waals surface area contributed by atoms with Crippen LogP contribution in [0.3, 0.4) is 0 Å². The van der Waals surface area contributed by atoms with Gasteiger partial charge in [-0.1, -0.05) is 35.8 Å². The Kier molecular flexibility index (Phi) is 4.16. The molecule has 2 aromatic rings. The molecule has 0 aliphatic carbocycles. The van der Waals surface area contributed by atoms with Gasteiger partial charge in [-0.15, -0.1) is 0 Å². The molecule has 1 aromatic heterocycles. The molecule has 2 heterocycles. The molecule has 3 rings (SSSR count). The van der Waals surface area contributed by atoms with E-state index in [4.69, 9.17) is 21.7 Å². The second kappa shape index (κ2) is 6.14. The summed E-state index contributed by atoms with van der Waals surface area (Å²) >= 11 is 6.29. The zero-order valence-electron chi connectivity index (χ0n) is 12.3. The van der Waals surface area contributed by atoms with Crippen LogP contribution in [-0.4, -0.2) is 21.3 Å². The van der Waals surface area contributed by atoms with Crippen molar-refractivity contribution in [3.05, 3.63) is 52.3 Å². The van der Waals surface area contributed by atoms with Crippen LogP contribution in [0.1, 0.15) is 21.9 Å². The molecule has 1 aliphatic heterocycles. The van der Waals surface area contributed by atoms with E-state index in [9.17, 15) is 14.7 Å². The van der Waals surface area contributed by atoms with Crippen molar-refractivity contribution in [2.24, 2.45) is 0 Å². The lowest BCUT2D eigenvalue weighted by molar-refractivity contribution is -0.268. The molecule has 24 heavy (non-hydrogen) atoms. The summed E-state index contributed by atoms with van der Waals surface area (Å²) < 4.78 is 5.67. The summed E-state index contributed by atoms with van der Waals surface area (Å²) in [6, 6.07) is 7.14. The lowest BCUT2D eigenvalue weighted by Gasteiger charge is -2.18. The number of aromatic carboxylic acids is 1. The Bertz CT molecular complexity index is 900. The Hall–Kier alpha value is -2.58. The summed E-state index contributed by atoms with van der Waals surface area (Å²) in [6.45, 7) is 1.79. The van der Waals surface area contributed by atoms with Gasteiger partial charge in [0.2, 0.25) is 0 Å². The highest BCUT2D eigenvalue weighted by Crippen LogP contribution is 2.37. The molecule has 0 saturated carbocycles. The van der Waals surface area contributed by atoms with Crippen molar-refractivity contribution in [1.82, 2.24) is 0 Å². The monoisotopic (exact) mass is 360 g/mol. The molecule has 1 saturated heterocycles. The van der Waals surface area contributed by atoms with Gasteiger partial charge >= 0.3 is 5.97 Å². The summed E-state index contributed by atoms with van der Waals surface area (Å²) in [5.41, 5.74) is -0.166. The van der Waals surface area contributed by atoms with E-state index in [2.05, 4.69) is 0 Å². The number of carboxylic acids is 1. The van der Waals surface area contributed by atoms with Crippen molar-refractivity contribution in [2.45, 2.75) is 6.92 Å². The van der Waals surface area contributed by atoms with E-state index < -0.39 is 23.2 Å². The number of carbonyl (C=O) groups is 2. The highest BCUT2D eigenvalue weighted by molar-refractivity contribution is 8.27. The molecular formula is C16H10NO5S2-. The van der Waals surface area contributed by atoms with Crippen molar-refractivity contribution >= 4 is 51.9 Å². The van der Waals surface area contributed by atoms with Crippen LogP contribution >= 0.6 is 24.0 Å². The first kappa shape index (κ1) is 16.3. The Balaban J connectivity index is 1.97. The van der Waals surface area contributed by atoms with Gasteiger partial charge in [0.1, 0.15) is 11.5 Å². The number of benzene rings is 1. The first-order valence-corrected chi connectivity index (χ1v) is 7.98.